The van der Waals surface area contributed by atoms with Crippen molar-refractivity contribution in [1.29, 1.82) is 0 Å². The summed E-state index contributed by atoms with van der Waals surface area (Å²) in [7, 11) is 3.17. The monoisotopic (exact) mass is 439 g/mol. The lowest BCUT2D eigenvalue weighted by Crippen LogP contribution is -2.42. The van der Waals surface area contributed by atoms with Crippen molar-refractivity contribution in [2.75, 3.05) is 34.0 Å². The Balaban J connectivity index is 2.12. The fraction of sp³-hybridized carbons (Fsp3) is 0.783. The average molecular weight is 440 g/mol. The molecule has 0 aromatic rings. The van der Waals surface area contributed by atoms with E-state index in [2.05, 4.69) is 0 Å². The molecule has 2 rings (SSSR count). The Labute approximate surface area is 185 Å². The van der Waals surface area contributed by atoms with Crippen molar-refractivity contribution >= 4 is 17.8 Å². The molecule has 1 fully saturated rings. The van der Waals surface area contributed by atoms with Gasteiger partial charge < -0.3 is 23.8 Å². The van der Waals surface area contributed by atoms with Crippen LogP contribution in [0.5, 0.6) is 0 Å². The second kappa shape index (κ2) is 12.8. The molecule has 31 heavy (non-hydrogen) atoms. The number of amides is 1. The standard InChI is InChI=1S/C23H37NO7/c1-16-8-5-11-21(25)24-13-7-10-18(24)23(27)31-15-20(29-4)17(2)9-6-12-22(26)30-14-19(16)28-3/h5,8,16-20H,6-7,9-15H2,1-4H3/b8-5-/t16-,17+,18+,19-,20+/m0/s1. The number of rotatable bonds is 2. The summed E-state index contributed by atoms with van der Waals surface area (Å²) < 4.78 is 21.9. The number of hydrogen-bond donors (Lipinski definition) is 0. The van der Waals surface area contributed by atoms with E-state index in [1.807, 2.05) is 19.9 Å². The van der Waals surface area contributed by atoms with Gasteiger partial charge in [0.25, 0.3) is 0 Å². The highest BCUT2D eigenvalue weighted by Gasteiger charge is 2.35. The van der Waals surface area contributed by atoms with E-state index in [0.717, 1.165) is 12.8 Å². The highest BCUT2D eigenvalue weighted by molar-refractivity contribution is 5.85. The van der Waals surface area contributed by atoms with Crippen LogP contribution in [0.25, 0.3) is 0 Å². The molecule has 0 radical (unpaired) electrons. The zero-order valence-electron chi connectivity index (χ0n) is 19.2. The van der Waals surface area contributed by atoms with Gasteiger partial charge in [-0.05, 0) is 31.6 Å². The van der Waals surface area contributed by atoms with E-state index in [1.54, 1.807) is 25.2 Å². The normalized spacial score (nSPS) is 33.5. The lowest BCUT2D eigenvalue weighted by molar-refractivity contribution is -0.157. The summed E-state index contributed by atoms with van der Waals surface area (Å²) in [4.78, 5) is 39.1. The van der Waals surface area contributed by atoms with Crippen LogP contribution in [0.15, 0.2) is 12.2 Å². The van der Waals surface area contributed by atoms with Crippen LogP contribution < -0.4 is 0 Å². The molecule has 176 valence electrons. The first-order valence-corrected chi connectivity index (χ1v) is 11.2. The van der Waals surface area contributed by atoms with E-state index in [4.69, 9.17) is 18.9 Å². The molecule has 0 aromatic heterocycles. The van der Waals surface area contributed by atoms with Gasteiger partial charge in [0.2, 0.25) is 5.91 Å². The molecule has 2 aliphatic heterocycles. The van der Waals surface area contributed by atoms with Gasteiger partial charge in [0.15, 0.2) is 0 Å². The SMILES string of the molecule is CO[C@H]1COC(=O)CCC[C@@H](C)[C@H](OC)COC(=O)[C@H]2CCCN2C(=O)C/C=C\[C@@H]1C. The summed E-state index contributed by atoms with van der Waals surface area (Å²) in [5.41, 5.74) is 0. The maximum atomic E-state index is 12.7. The molecule has 0 aliphatic carbocycles. The number of fused-ring (bicyclic) bond motifs is 1. The van der Waals surface area contributed by atoms with Crippen LogP contribution in [0, 0.1) is 11.8 Å². The number of hydrogen-bond acceptors (Lipinski definition) is 7. The summed E-state index contributed by atoms with van der Waals surface area (Å²) in [6.07, 6.45) is 6.43. The summed E-state index contributed by atoms with van der Waals surface area (Å²) in [5, 5.41) is 0. The smallest absolute Gasteiger partial charge is 0.328 e. The third-order valence-electron chi connectivity index (χ3n) is 6.24. The van der Waals surface area contributed by atoms with E-state index < -0.39 is 6.04 Å². The second-order valence-corrected chi connectivity index (χ2v) is 8.47. The molecule has 1 saturated heterocycles. The molecule has 0 spiro atoms. The van der Waals surface area contributed by atoms with E-state index in [9.17, 15) is 14.4 Å². The Morgan fingerprint density at radius 3 is 2.39 bits per heavy atom. The number of cyclic esters (lactones) is 2. The molecule has 2 aliphatic rings. The molecule has 8 nitrogen and oxygen atoms in total. The zero-order valence-corrected chi connectivity index (χ0v) is 19.2. The predicted octanol–water partition coefficient (Wildman–Crippen LogP) is 2.50. The van der Waals surface area contributed by atoms with Gasteiger partial charge in [-0.1, -0.05) is 26.0 Å². The topological polar surface area (TPSA) is 91.4 Å². The number of esters is 2. The van der Waals surface area contributed by atoms with Crippen molar-refractivity contribution in [2.45, 2.75) is 70.6 Å². The van der Waals surface area contributed by atoms with E-state index in [1.165, 1.54) is 0 Å². The first-order chi connectivity index (χ1) is 14.9. The molecule has 0 aromatic carbocycles. The van der Waals surface area contributed by atoms with Crippen molar-refractivity contribution < 1.29 is 33.3 Å². The summed E-state index contributed by atoms with van der Waals surface area (Å²) >= 11 is 0. The Kier molecular flexibility index (Phi) is 10.5. The van der Waals surface area contributed by atoms with Crippen LogP contribution in [0.1, 0.15) is 52.4 Å². The lowest BCUT2D eigenvalue weighted by atomic mass is 9.98. The Hall–Kier alpha value is -1.93. The lowest BCUT2D eigenvalue weighted by Gasteiger charge is -2.26. The minimum absolute atomic E-state index is 0.0329. The van der Waals surface area contributed by atoms with Gasteiger partial charge in [0.05, 0.1) is 12.2 Å². The van der Waals surface area contributed by atoms with Gasteiger partial charge >= 0.3 is 11.9 Å². The first-order valence-electron chi connectivity index (χ1n) is 11.2. The summed E-state index contributed by atoms with van der Waals surface area (Å²) in [5.74, 6) is -0.671. The van der Waals surface area contributed by atoms with Gasteiger partial charge in [-0.15, -0.1) is 0 Å². The highest BCUT2D eigenvalue weighted by atomic mass is 16.6. The molecular weight excluding hydrogens is 402 g/mol. The van der Waals surface area contributed by atoms with Crippen molar-refractivity contribution in [3.05, 3.63) is 12.2 Å². The van der Waals surface area contributed by atoms with Gasteiger partial charge in [0, 0.05) is 39.5 Å². The molecule has 2 heterocycles. The Bertz CT molecular complexity index is 635. The van der Waals surface area contributed by atoms with Crippen LogP contribution in [-0.4, -0.2) is 75.0 Å². The van der Waals surface area contributed by atoms with Crippen molar-refractivity contribution in [3.63, 3.8) is 0 Å². The molecule has 1 amide bonds. The summed E-state index contributed by atoms with van der Waals surface area (Å²) in [6, 6.07) is -0.536. The van der Waals surface area contributed by atoms with Crippen molar-refractivity contribution in [2.24, 2.45) is 11.8 Å². The molecular formula is C23H37NO7. The third-order valence-corrected chi connectivity index (χ3v) is 6.24. The van der Waals surface area contributed by atoms with Gasteiger partial charge in [-0.25, -0.2) is 4.79 Å². The predicted molar refractivity (Wildman–Crippen MR) is 114 cm³/mol. The maximum Gasteiger partial charge on any atom is 0.328 e. The van der Waals surface area contributed by atoms with Crippen LogP contribution in [0.3, 0.4) is 0 Å². The molecule has 0 bridgehead atoms. The van der Waals surface area contributed by atoms with E-state index in [-0.39, 0.29) is 61.5 Å². The summed E-state index contributed by atoms with van der Waals surface area (Å²) in [6.45, 7) is 4.82. The molecule has 0 unspecified atom stereocenters. The van der Waals surface area contributed by atoms with Crippen molar-refractivity contribution in [3.8, 4) is 0 Å². The number of ether oxygens (including phenoxy) is 4. The average Bonchev–Trinajstić information content (AvgIpc) is 3.24. The zero-order chi connectivity index (χ0) is 22.8. The number of nitrogens with zero attached hydrogens (tertiary/aromatic N) is 1. The van der Waals surface area contributed by atoms with Gasteiger partial charge in [0.1, 0.15) is 19.3 Å². The Morgan fingerprint density at radius 1 is 0.968 bits per heavy atom. The van der Waals surface area contributed by atoms with E-state index >= 15 is 0 Å². The molecule has 8 heteroatoms. The van der Waals surface area contributed by atoms with Gasteiger partial charge in [-0.3, -0.25) is 9.59 Å². The molecule has 0 saturated carbocycles. The minimum atomic E-state index is -0.536. The highest BCUT2D eigenvalue weighted by Crippen LogP contribution is 2.22. The van der Waals surface area contributed by atoms with Crippen LogP contribution in [-0.2, 0) is 33.3 Å². The minimum Gasteiger partial charge on any atom is -0.463 e. The molecule has 0 N–H and O–H groups in total. The fourth-order valence-electron chi connectivity index (χ4n) is 4.10. The van der Waals surface area contributed by atoms with Crippen LogP contribution in [0.2, 0.25) is 0 Å². The molecule has 5 atom stereocenters. The number of carbonyl (C=O) groups excluding carboxylic acids is 3. The maximum absolute atomic E-state index is 12.7. The third kappa shape index (κ3) is 7.61. The number of methoxy groups -OCH3 is 2. The first kappa shape index (κ1) is 25.3. The Morgan fingerprint density at radius 2 is 1.68 bits per heavy atom. The number of carbonyl (C=O) groups is 3. The van der Waals surface area contributed by atoms with Gasteiger partial charge in [-0.2, -0.15) is 0 Å². The second-order valence-electron chi connectivity index (χ2n) is 8.47. The van der Waals surface area contributed by atoms with Crippen LogP contribution in [0.4, 0.5) is 0 Å². The van der Waals surface area contributed by atoms with Crippen LogP contribution >= 0.6 is 0 Å². The van der Waals surface area contributed by atoms with E-state index in [0.29, 0.717) is 25.8 Å². The largest absolute Gasteiger partial charge is 0.463 e. The fourth-order valence-corrected chi connectivity index (χ4v) is 4.10. The van der Waals surface area contributed by atoms with Crippen molar-refractivity contribution in [1.82, 2.24) is 4.90 Å². The quantitative estimate of drug-likeness (QED) is 0.482.